The van der Waals surface area contributed by atoms with E-state index in [1.165, 1.54) is 6.08 Å². The van der Waals surface area contributed by atoms with E-state index in [0.717, 1.165) is 0 Å². The van der Waals surface area contributed by atoms with E-state index >= 15 is 0 Å². The Hall–Kier alpha value is 0.103. The van der Waals surface area contributed by atoms with Crippen molar-refractivity contribution in [3.63, 3.8) is 0 Å². The fourth-order valence-corrected chi connectivity index (χ4v) is 0.111. The van der Waals surface area contributed by atoms with Crippen LogP contribution in [0.15, 0.2) is 18.2 Å². The minimum absolute atomic E-state index is 0. The Morgan fingerprint density at radius 1 is 1.50 bits per heavy atom. The van der Waals surface area contributed by atoms with Crippen LogP contribution in [0.4, 0.5) is 0 Å². The first-order valence-corrected chi connectivity index (χ1v) is 1.58. The van der Waals surface area contributed by atoms with Crippen molar-refractivity contribution >= 4 is 0 Å². The molecule has 0 amide bonds. The van der Waals surface area contributed by atoms with Crippen molar-refractivity contribution in [3.8, 4) is 0 Å². The van der Waals surface area contributed by atoms with Crippen LogP contribution in [0.3, 0.4) is 0 Å². The van der Waals surface area contributed by atoms with Crippen molar-refractivity contribution in [1.82, 2.24) is 0 Å². The van der Waals surface area contributed by atoms with Crippen molar-refractivity contribution < 1.29 is 19.5 Å². The first-order valence-electron chi connectivity index (χ1n) is 1.58. The summed E-state index contributed by atoms with van der Waals surface area (Å²) < 4.78 is 0. The Balaban J connectivity index is 0. The fourth-order valence-electron chi connectivity index (χ4n) is 0.111. The van der Waals surface area contributed by atoms with Crippen molar-refractivity contribution in [2.45, 2.75) is 6.92 Å². The van der Waals surface area contributed by atoms with Crippen LogP contribution in [-0.2, 0) is 19.5 Å². The quantitative estimate of drug-likeness (QED) is 0.289. The molecule has 0 unspecified atom stereocenters. The summed E-state index contributed by atoms with van der Waals surface area (Å²) in [5.74, 6) is 0. The van der Waals surface area contributed by atoms with Gasteiger partial charge in [0.1, 0.15) is 0 Å². The zero-order chi connectivity index (χ0) is 4.12. The molecule has 1 heteroatoms. The number of hydrogen-bond donors (Lipinski definition) is 0. The Morgan fingerprint density at radius 3 is 2.00 bits per heavy atom. The van der Waals surface area contributed by atoms with Crippen LogP contribution in [0, 0.1) is 6.58 Å². The van der Waals surface area contributed by atoms with Crippen molar-refractivity contribution in [2.24, 2.45) is 0 Å². The second-order valence-electron chi connectivity index (χ2n) is 0.718. The predicted molar refractivity (Wildman–Crippen MR) is 23.7 cm³/mol. The molecule has 0 aliphatic carbocycles. The maximum Gasteiger partial charge on any atom is 0 e. The molecule has 0 aromatic heterocycles. The van der Waals surface area contributed by atoms with Gasteiger partial charge in [0.2, 0.25) is 0 Å². The topological polar surface area (TPSA) is 0 Å². The molecule has 0 aromatic rings. The molecule has 0 aromatic carbocycles. The van der Waals surface area contributed by atoms with Crippen molar-refractivity contribution in [1.29, 1.82) is 0 Å². The standard InChI is InChI=1S/C5H7.Zn/c1-3-5-4-2;/h1,3-5H,2H3;/q-1;. The molecule has 0 aliphatic rings. The van der Waals surface area contributed by atoms with E-state index in [2.05, 4.69) is 0 Å². The average molecular weight is 133 g/mol. The van der Waals surface area contributed by atoms with Gasteiger partial charge in [-0.2, -0.15) is 6.08 Å². The molecule has 0 aliphatic heterocycles. The number of hydrogen-bond acceptors (Lipinski definition) is 0. The minimum atomic E-state index is 0. The summed E-state index contributed by atoms with van der Waals surface area (Å²) in [6, 6.07) is 0. The van der Waals surface area contributed by atoms with Crippen LogP contribution in [-0.4, -0.2) is 0 Å². The summed E-state index contributed by atoms with van der Waals surface area (Å²) in [7, 11) is 0. The summed E-state index contributed by atoms with van der Waals surface area (Å²) in [5.41, 5.74) is 0. The van der Waals surface area contributed by atoms with Crippen molar-refractivity contribution in [3.05, 3.63) is 24.8 Å². The van der Waals surface area contributed by atoms with Crippen LogP contribution in [0.2, 0.25) is 0 Å². The minimum Gasteiger partial charge on any atom is -0.293 e. The van der Waals surface area contributed by atoms with E-state index in [1.807, 2.05) is 13.0 Å². The third-order valence-electron chi connectivity index (χ3n) is 0.304. The van der Waals surface area contributed by atoms with E-state index in [9.17, 15) is 0 Å². The summed E-state index contributed by atoms with van der Waals surface area (Å²) in [5, 5.41) is 0. The van der Waals surface area contributed by atoms with Crippen LogP contribution in [0.5, 0.6) is 0 Å². The molecule has 0 bridgehead atoms. The summed E-state index contributed by atoms with van der Waals surface area (Å²) in [6.45, 7) is 6.85. The molecule has 30 valence electrons. The van der Waals surface area contributed by atoms with Gasteiger partial charge in [0.25, 0.3) is 0 Å². The zero-order valence-corrected chi connectivity index (χ0v) is 6.98. The molecule has 0 saturated heterocycles. The first kappa shape index (κ1) is 9.44. The molecule has 0 fully saturated rings. The molecular formula is C5H7Zn-. The normalized spacial score (nSPS) is 7.50. The molecular weight excluding hydrogens is 125 g/mol. The summed E-state index contributed by atoms with van der Waals surface area (Å²) >= 11 is 0. The largest absolute Gasteiger partial charge is 0.293 e. The van der Waals surface area contributed by atoms with Gasteiger partial charge in [0, 0.05) is 19.5 Å². The van der Waals surface area contributed by atoms with Gasteiger partial charge in [-0.15, -0.1) is 0 Å². The monoisotopic (exact) mass is 131 g/mol. The Labute approximate surface area is 51.7 Å². The molecule has 0 heterocycles. The zero-order valence-electron chi connectivity index (χ0n) is 4.02. The van der Waals surface area contributed by atoms with E-state index in [1.54, 1.807) is 6.08 Å². The van der Waals surface area contributed by atoms with Gasteiger partial charge in [-0.25, -0.2) is 12.2 Å². The molecule has 0 nitrogen and oxygen atoms in total. The van der Waals surface area contributed by atoms with Crippen LogP contribution in [0.25, 0.3) is 0 Å². The molecule has 0 spiro atoms. The van der Waals surface area contributed by atoms with E-state index in [4.69, 9.17) is 6.58 Å². The first-order chi connectivity index (χ1) is 2.41. The van der Waals surface area contributed by atoms with Gasteiger partial charge in [0.15, 0.2) is 0 Å². The van der Waals surface area contributed by atoms with Gasteiger partial charge in [-0.3, -0.25) is 6.58 Å². The van der Waals surface area contributed by atoms with Gasteiger partial charge in [0.05, 0.1) is 0 Å². The van der Waals surface area contributed by atoms with Gasteiger partial charge >= 0.3 is 0 Å². The predicted octanol–water partition coefficient (Wildman–Crippen LogP) is 1.55. The maximum absolute atomic E-state index is 4.93. The van der Waals surface area contributed by atoms with Crippen molar-refractivity contribution in [2.75, 3.05) is 0 Å². The smallest absolute Gasteiger partial charge is 0 e. The van der Waals surface area contributed by atoms with Crippen LogP contribution >= 0.6 is 0 Å². The van der Waals surface area contributed by atoms with Gasteiger partial charge in [-0.1, -0.05) is 6.92 Å². The second kappa shape index (κ2) is 8.92. The fraction of sp³-hybridized carbons (Fsp3) is 0.200. The second-order valence-corrected chi connectivity index (χ2v) is 0.718. The van der Waals surface area contributed by atoms with Crippen LogP contribution in [0.1, 0.15) is 6.92 Å². The third-order valence-corrected chi connectivity index (χ3v) is 0.304. The third kappa shape index (κ3) is 8.93. The van der Waals surface area contributed by atoms with Gasteiger partial charge in [-0.05, 0) is 0 Å². The maximum atomic E-state index is 4.93. The molecule has 0 N–H and O–H groups in total. The van der Waals surface area contributed by atoms with Crippen LogP contribution < -0.4 is 0 Å². The number of rotatable bonds is 1. The Bertz CT molecular complexity index is 45.9. The van der Waals surface area contributed by atoms with Gasteiger partial charge < -0.3 is 0 Å². The number of allylic oxidation sites excluding steroid dienone is 3. The molecule has 0 atom stereocenters. The Morgan fingerprint density at radius 2 is 2.00 bits per heavy atom. The summed E-state index contributed by atoms with van der Waals surface area (Å²) in [6.07, 6.45) is 5.15. The van der Waals surface area contributed by atoms with E-state index in [-0.39, 0.29) is 19.5 Å². The Kier molecular flexibility index (Phi) is 14.0. The molecule has 0 radical (unpaired) electrons. The molecule has 6 heavy (non-hydrogen) atoms. The SMILES string of the molecule is [CH-]=CC=CC.[Zn]. The van der Waals surface area contributed by atoms with E-state index < -0.39 is 0 Å². The molecule has 0 saturated carbocycles. The molecule has 0 rings (SSSR count). The average Bonchev–Trinajstić information content (AvgIpc) is 1.41. The van der Waals surface area contributed by atoms with E-state index in [0.29, 0.717) is 0 Å². The summed E-state index contributed by atoms with van der Waals surface area (Å²) in [4.78, 5) is 0.